The molecule has 0 unspecified atom stereocenters. The number of ketones is 2. The molecule has 0 amide bonds. The molecule has 1 saturated heterocycles. The fourth-order valence-corrected chi connectivity index (χ4v) is 6.07. The number of β-amino-alcohol motifs (C(OH)–C–C–N with tert-alkyl or cyclic N) is 1. The molecule has 0 bridgehead atoms. The van der Waals surface area contributed by atoms with E-state index in [1.807, 2.05) is 30.3 Å². The predicted octanol–water partition coefficient (Wildman–Crippen LogP) is 3.33. The number of likely N-dealkylation sites (tertiary alicyclic amines) is 1. The first kappa shape index (κ1) is 22.2. The number of ether oxygens (including phenoxy) is 2. The zero-order valence-corrected chi connectivity index (χ0v) is 19.4. The first-order valence-electron chi connectivity index (χ1n) is 11.3. The van der Waals surface area contributed by atoms with Gasteiger partial charge in [0.05, 0.1) is 13.2 Å². The Labute approximate surface area is 197 Å². The van der Waals surface area contributed by atoms with E-state index in [9.17, 15) is 14.7 Å². The number of aliphatic hydroxyl groups is 1. The van der Waals surface area contributed by atoms with Crippen LogP contribution in [0.3, 0.4) is 0 Å². The van der Waals surface area contributed by atoms with Gasteiger partial charge in [-0.2, -0.15) is 0 Å². The van der Waals surface area contributed by atoms with Gasteiger partial charge in [0.1, 0.15) is 22.0 Å². The fraction of sp³-hybridized carbons (Fsp3) is 0.385. The minimum Gasteiger partial charge on any atom is -0.497 e. The Balaban J connectivity index is 1.28. The third-order valence-electron chi connectivity index (χ3n) is 6.68. The molecule has 172 valence electrons. The van der Waals surface area contributed by atoms with E-state index in [-0.39, 0.29) is 5.60 Å². The Morgan fingerprint density at radius 1 is 1.09 bits per heavy atom. The molecule has 1 N–H and O–H groups in total. The van der Waals surface area contributed by atoms with Crippen molar-refractivity contribution in [1.29, 1.82) is 0 Å². The second-order valence-electron chi connectivity index (χ2n) is 8.95. The third kappa shape index (κ3) is 4.33. The topological polar surface area (TPSA) is 76.1 Å². The van der Waals surface area contributed by atoms with Gasteiger partial charge >= 0.3 is 0 Å². The zero-order chi connectivity index (χ0) is 23.0. The van der Waals surface area contributed by atoms with E-state index in [2.05, 4.69) is 4.90 Å². The number of methoxy groups -OCH3 is 1. The smallest absolute Gasteiger partial charge is 0.243 e. The van der Waals surface area contributed by atoms with Crippen molar-refractivity contribution < 1.29 is 24.2 Å². The Bertz CT molecular complexity index is 1100. The molecule has 2 heterocycles. The molecule has 1 aliphatic carbocycles. The Kier molecular flexibility index (Phi) is 6.03. The molecule has 2 aromatic carbocycles. The van der Waals surface area contributed by atoms with Gasteiger partial charge in [0, 0.05) is 49.4 Å². The second kappa shape index (κ2) is 8.97. The normalized spacial score (nSPS) is 20.8. The van der Waals surface area contributed by atoms with Crippen molar-refractivity contribution in [2.45, 2.75) is 31.0 Å². The van der Waals surface area contributed by atoms with Crippen LogP contribution in [0.4, 0.5) is 0 Å². The molecule has 3 aliphatic rings. The highest BCUT2D eigenvalue weighted by Crippen LogP contribution is 2.47. The summed E-state index contributed by atoms with van der Waals surface area (Å²) in [6.07, 6.45) is 1.82. The molecule has 2 aromatic rings. The summed E-state index contributed by atoms with van der Waals surface area (Å²) in [6, 6.07) is 15.2. The van der Waals surface area contributed by atoms with Crippen molar-refractivity contribution in [2.75, 3.05) is 32.5 Å². The number of allylic oxidation sites excluding steroid dienone is 1. The molecule has 2 aliphatic heterocycles. The third-order valence-corrected chi connectivity index (χ3v) is 8.01. The molecular formula is C26H27NO5S. The minimum atomic E-state index is -0.485. The molecular weight excluding hydrogens is 438 g/mol. The lowest BCUT2D eigenvalue weighted by molar-refractivity contribution is -0.111. The van der Waals surface area contributed by atoms with Gasteiger partial charge in [-0.15, -0.1) is 11.8 Å². The van der Waals surface area contributed by atoms with Crippen LogP contribution in [0, 0.1) is 0 Å². The summed E-state index contributed by atoms with van der Waals surface area (Å²) in [6.45, 7) is 2.25. The van der Waals surface area contributed by atoms with E-state index in [1.54, 1.807) is 25.3 Å². The number of nitrogens with zero attached hydrogens (tertiary/aromatic N) is 1. The van der Waals surface area contributed by atoms with Crippen LogP contribution in [-0.2, 0) is 16.0 Å². The Morgan fingerprint density at radius 2 is 1.85 bits per heavy atom. The number of piperidine rings is 1. The molecule has 0 radical (unpaired) electrons. The average Bonchev–Trinajstić information content (AvgIpc) is 2.84. The van der Waals surface area contributed by atoms with E-state index in [0.29, 0.717) is 46.3 Å². The first-order chi connectivity index (χ1) is 16.0. The van der Waals surface area contributed by atoms with Crippen LogP contribution < -0.4 is 4.74 Å². The van der Waals surface area contributed by atoms with Gasteiger partial charge in [-0.1, -0.05) is 30.3 Å². The summed E-state index contributed by atoms with van der Waals surface area (Å²) in [5, 5.41) is 10.6. The molecule has 33 heavy (non-hydrogen) atoms. The van der Waals surface area contributed by atoms with Crippen LogP contribution in [0.15, 0.2) is 53.4 Å². The molecule has 0 saturated carbocycles. The number of carbonyl (C=O) groups is 2. The highest BCUT2D eigenvalue weighted by Gasteiger charge is 2.46. The van der Waals surface area contributed by atoms with Crippen LogP contribution in [0.2, 0.25) is 0 Å². The zero-order valence-electron chi connectivity index (χ0n) is 18.6. The number of hydrogen-bond donors (Lipinski definition) is 1. The molecule has 1 fully saturated rings. The van der Waals surface area contributed by atoms with E-state index in [0.717, 1.165) is 31.5 Å². The highest BCUT2D eigenvalue weighted by atomic mass is 32.2. The number of hydrogen-bond acceptors (Lipinski definition) is 7. The lowest BCUT2D eigenvalue weighted by Crippen LogP contribution is -2.50. The van der Waals surface area contributed by atoms with Crippen LogP contribution >= 0.6 is 11.8 Å². The van der Waals surface area contributed by atoms with Gasteiger partial charge in [0.25, 0.3) is 0 Å². The SMILES string of the molecule is COc1ccc2c(c1)C1=C(SCC3(CCN(C[C@H](O)Cc4ccccc4)CC3)O1)C(=O)C2=O. The molecule has 6 nitrogen and oxygen atoms in total. The molecule has 5 rings (SSSR count). The van der Waals surface area contributed by atoms with Crippen LogP contribution in [0.5, 0.6) is 5.75 Å². The number of fused-ring (bicyclic) bond motifs is 2. The van der Waals surface area contributed by atoms with Crippen LogP contribution in [0.1, 0.15) is 34.3 Å². The lowest BCUT2D eigenvalue weighted by atomic mass is 9.89. The van der Waals surface area contributed by atoms with Crippen molar-refractivity contribution in [3.8, 4) is 5.75 Å². The quantitative estimate of drug-likeness (QED) is 0.679. The summed E-state index contributed by atoms with van der Waals surface area (Å²) in [7, 11) is 1.58. The van der Waals surface area contributed by atoms with Crippen molar-refractivity contribution in [3.05, 3.63) is 70.1 Å². The second-order valence-corrected chi connectivity index (χ2v) is 9.93. The van der Waals surface area contributed by atoms with Gasteiger partial charge in [-0.05, 0) is 30.2 Å². The first-order valence-corrected chi connectivity index (χ1v) is 12.2. The largest absolute Gasteiger partial charge is 0.497 e. The molecule has 0 aromatic heterocycles. The number of Topliss-reactive ketones (excluding diaryl/α,β-unsaturated/α-hetero) is 2. The number of aliphatic hydroxyl groups excluding tert-OH is 1. The van der Waals surface area contributed by atoms with E-state index < -0.39 is 17.7 Å². The predicted molar refractivity (Wildman–Crippen MR) is 127 cm³/mol. The molecule has 1 spiro atoms. The van der Waals surface area contributed by atoms with Gasteiger partial charge in [0.2, 0.25) is 11.6 Å². The Morgan fingerprint density at radius 3 is 2.58 bits per heavy atom. The maximum Gasteiger partial charge on any atom is 0.243 e. The monoisotopic (exact) mass is 465 g/mol. The summed E-state index contributed by atoms with van der Waals surface area (Å²) < 4.78 is 11.9. The molecule has 1 atom stereocenters. The maximum atomic E-state index is 12.7. The summed E-state index contributed by atoms with van der Waals surface area (Å²) in [5.41, 5.74) is 1.77. The van der Waals surface area contributed by atoms with Gasteiger partial charge in [0.15, 0.2) is 0 Å². The molecule has 7 heteroatoms. The van der Waals surface area contributed by atoms with Gasteiger partial charge in [-0.3, -0.25) is 9.59 Å². The number of benzene rings is 2. The fourth-order valence-electron chi connectivity index (χ4n) is 4.81. The van der Waals surface area contributed by atoms with Crippen molar-refractivity contribution in [1.82, 2.24) is 4.90 Å². The number of carbonyl (C=O) groups excluding carboxylic acids is 2. The summed E-state index contributed by atoms with van der Waals surface area (Å²) >= 11 is 1.43. The summed E-state index contributed by atoms with van der Waals surface area (Å²) in [4.78, 5) is 28.0. The number of thioether (sulfide) groups is 1. The Hall–Kier alpha value is -2.61. The minimum absolute atomic E-state index is 0.374. The highest BCUT2D eigenvalue weighted by molar-refractivity contribution is 8.04. The maximum absolute atomic E-state index is 12.7. The van der Waals surface area contributed by atoms with Crippen LogP contribution in [-0.4, -0.2) is 65.8 Å². The van der Waals surface area contributed by atoms with Crippen molar-refractivity contribution in [3.63, 3.8) is 0 Å². The van der Waals surface area contributed by atoms with E-state index >= 15 is 0 Å². The summed E-state index contributed by atoms with van der Waals surface area (Å²) in [5.74, 6) is 0.815. The van der Waals surface area contributed by atoms with Gasteiger partial charge < -0.3 is 19.5 Å². The number of rotatable bonds is 5. The standard InChI is InChI=1S/C26H27NO5S/c1-31-19-7-8-20-21(14-19)24-25(23(30)22(20)29)33-16-26(32-24)9-11-27(12-10-26)15-18(28)13-17-5-3-2-4-6-17/h2-8,14,18,28H,9-13,15-16H2,1H3/t18-/m1/s1. The van der Waals surface area contributed by atoms with E-state index in [4.69, 9.17) is 9.47 Å². The van der Waals surface area contributed by atoms with Crippen molar-refractivity contribution >= 4 is 29.1 Å². The van der Waals surface area contributed by atoms with Crippen LogP contribution in [0.25, 0.3) is 5.76 Å². The lowest BCUT2D eigenvalue weighted by Gasteiger charge is -2.45. The average molecular weight is 466 g/mol. The van der Waals surface area contributed by atoms with Gasteiger partial charge in [-0.25, -0.2) is 0 Å². The van der Waals surface area contributed by atoms with E-state index in [1.165, 1.54) is 11.8 Å². The van der Waals surface area contributed by atoms with Crippen molar-refractivity contribution in [2.24, 2.45) is 0 Å².